The minimum absolute atomic E-state index is 0.355. The van der Waals surface area contributed by atoms with Crippen molar-refractivity contribution in [1.29, 1.82) is 0 Å². The SMILES string of the molecule is CCC(OC(=O)c1ccc(-n2cncn2)cc1)C(=O)Nc1ccccc1. The summed E-state index contributed by atoms with van der Waals surface area (Å²) in [7, 11) is 0. The first kappa shape index (κ1) is 17.3. The maximum absolute atomic E-state index is 12.3. The fraction of sp³-hybridized carbons (Fsp3) is 0.158. The maximum Gasteiger partial charge on any atom is 0.338 e. The average Bonchev–Trinajstić information content (AvgIpc) is 3.21. The zero-order valence-corrected chi connectivity index (χ0v) is 14.2. The molecule has 0 radical (unpaired) electrons. The first-order valence-corrected chi connectivity index (χ1v) is 8.19. The van der Waals surface area contributed by atoms with Gasteiger partial charge < -0.3 is 10.1 Å². The fourth-order valence-electron chi connectivity index (χ4n) is 2.36. The van der Waals surface area contributed by atoms with Gasteiger partial charge in [0.2, 0.25) is 0 Å². The van der Waals surface area contributed by atoms with E-state index in [-0.39, 0.29) is 5.91 Å². The second kappa shape index (κ2) is 8.06. The Bertz CT molecular complexity index is 862. The Hall–Kier alpha value is -3.48. The summed E-state index contributed by atoms with van der Waals surface area (Å²) in [5, 5.41) is 6.76. The number of para-hydroxylation sites is 1. The molecular weight excluding hydrogens is 332 g/mol. The van der Waals surface area contributed by atoms with Crippen LogP contribution in [-0.2, 0) is 9.53 Å². The van der Waals surface area contributed by atoms with Crippen LogP contribution >= 0.6 is 0 Å². The van der Waals surface area contributed by atoms with Crippen LogP contribution in [0.25, 0.3) is 5.69 Å². The molecule has 0 bridgehead atoms. The van der Waals surface area contributed by atoms with Crippen LogP contribution in [0, 0.1) is 0 Å². The molecule has 0 aliphatic rings. The van der Waals surface area contributed by atoms with E-state index in [1.54, 1.807) is 54.3 Å². The lowest BCUT2D eigenvalue weighted by Gasteiger charge is -2.16. The van der Waals surface area contributed by atoms with E-state index in [2.05, 4.69) is 15.4 Å². The Labute approximate surface area is 150 Å². The third-order valence-corrected chi connectivity index (χ3v) is 3.74. The summed E-state index contributed by atoms with van der Waals surface area (Å²) in [6, 6.07) is 15.8. The standard InChI is InChI=1S/C19H18N4O3/c1-2-17(18(24)22-15-6-4-3-5-7-15)26-19(25)14-8-10-16(11-9-14)23-13-20-12-21-23/h3-13,17H,2H2,1H3,(H,22,24). The molecule has 2 aromatic carbocycles. The van der Waals surface area contributed by atoms with Crippen LogP contribution in [-0.4, -0.2) is 32.7 Å². The average molecular weight is 350 g/mol. The van der Waals surface area contributed by atoms with Crippen molar-refractivity contribution >= 4 is 17.6 Å². The summed E-state index contributed by atoms with van der Waals surface area (Å²) in [4.78, 5) is 28.5. The lowest BCUT2D eigenvalue weighted by Crippen LogP contribution is -2.32. The number of rotatable bonds is 6. The molecular formula is C19H18N4O3. The van der Waals surface area contributed by atoms with E-state index < -0.39 is 12.1 Å². The summed E-state index contributed by atoms with van der Waals surface area (Å²) >= 11 is 0. The molecule has 1 aromatic heterocycles. The second-order valence-corrected chi connectivity index (χ2v) is 5.54. The van der Waals surface area contributed by atoms with Gasteiger partial charge in [0.1, 0.15) is 12.7 Å². The van der Waals surface area contributed by atoms with Gasteiger partial charge >= 0.3 is 5.97 Å². The van der Waals surface area contributed by atoms with Gasteiger partial charge in [-0.15, -0.1) is 0 Å². The van der Waals surface area contributed by atoms with E-state index in [4.69, 9.17) is 4.74 Å². The summed E-state index contributed by atoms with van der Waals surface area (Å²) < 4.78 is 6.95. The van der Waals surface area contributed by atoms with Crippen LogP contribution in [0.5, 0.6) is 0 Å². The number of benzene rings is 2. The zero-order chi connectivity index (χ0) is 18.4. The number of carbonyl (C=O) groups is 2. The van der Waals surface area contributed by atoms with Gasteiger partial charge in [0.25, 0.3) is 5.91 Å². The highest BCUT2D eigenvalue weighted by Crippen LogP contribution is 2.13. The van der Waals surface area contributed by atoms with E-state index in [1.807, 2.05) is 18.2 Å². The van der Waals surface area contributed by atoms with Crippen molar-refractivity contribution in [1.82, 2.24) is 14.8 Å². The normalized spacial score (nSPS) is 11.6. The number of nitrogens with one attached hydrogen (secondary N) is 1. The monoisotopic (exact) mass is 350 g/mol. The third-order valence-electron chi connectivity index (χ3n) is 3.74. The molecule has 0 saturated carbocycles. The molecule has 0 fully saturated rings. The largest absolute Gasteiger partial charge is 0.449 e. The number of carbonyl (C=O) groups excluding carboxylic acids is 2. The molecule has 0 aliphatic carbocycles. The number of nitrogens with zero attached hydrogens (tertiary/aromatic N) is 3. The van der Waals surface area contributed by atoms with E-state index >= 15 is 0 Å². The van der Waals surface area contributed by atoms with Crippen molar-refractivity contribution in [2.75, 3.05) is 5.32 Å². The van der Waals surface area contributed by atoms with Gasteiger partial charge in [0.05, 0.1) is 11.3 Å². The highest BCUT2D eigenvalue weighted by Gasteiger charge is 2.22. The highest BCUT2D eigenvalue weighted by molar-refractivity contribution is 5.97. The molecule has 7 heteroatoms. The zero-order valence-electron chi connectivity index (χ0n) is 14.2. The van der Waals surface area contributed by atoms with Crippen molar-refractivity contribution in [2.45, 2.75) is 19.4 Å². The smallest absolute Gasteiger partial charge is 0.338 e. The molecule has 1 heterocycles. The first-order chi connectivity index (χ1) is 12.7. The molecule has 1 unspecified atom stereocenters. The van der Waals surface area contributed by atoms with Gasteiger partial charge in [0, 0.05) is 5.69 Å². The molecule has 1 amide bonds. The molecule has 0 saturated heterocycles. The van der Waals surface area contributed by atoms with Crippen LogP contribution in [0.3, 0.4) is 0 Å². The quantitative estimate of drug-likeness (QED) is 0.691. The first-order valence-electron chi connectivity index (χ1n) is 8.19. The Morgan fingerprint density at radius 3 is 2.46 bits per heavy atom. The molecule has 1 N–H and O–H groups in total. The molecule has 0 aliphatic heterocycles. The number of amides is 1. The summed E-state index contributed by atoms with van der Waals surface area (Å²) in [5.41, 5.74) is 1.79. The van der Waals surface area contributed by atoms with Gasteiger partial charge in [-0.2, -0.15) is 5.10 Å². The van der Waals surface area contributed by atoms with E-state index in [0.717, 1.165) is 5.69 Å². The number of hydrogen-bond acceptors (Lipinski definition) is 5. The van der Waals surface area contributed by atoms with Crippen LogP contribution < -0.4 is 5.32 Å². The fourth-order valence-corrected chi connectivity index (χ4v) is 2.36. The lowest BCUT2D eigenvalue weighted by atomic mass is 10.2. The predicted octanol–water partition coefficient (Wildman–Crippen LogP) is 2.84. The predicted molar refractivity (Wildman–Crippen MR) is 95.9 cm³/mol. The van der Waals surface area contributed by atoms with Gasteiger partial charge in [-0.1, -0.05) is 25.1 Å². The Morgan fingerprint density at radius 1 is 1.12 bits per heavy atom. The topological polar surface area (TPSA) is 86.1 Å². The van der Waals surface area contributed by atoms with Crippen LogP contribution in [0.4, 0.5) is 5.69 Å². The number of esters is 1. The molecule has 3 aromatic rings. The van der Waals surface area contributed by atoms with Crippen molar-refractivity contribution in [2.24, 2.45) is 0 Å². The maximum atomic E-state index is 12.3. The molecule has 26 heavy (non-hydrogen) atoms. The summed E-state index contributed by atoms with van der Waals surface area (Å²) in [5.74, 6) is -0.906. The van der Waals surface area contributed by atoms with Crippen LogP contribution in [0.1, 0.15) is 23.7 Å². The molecule has 7 nitrogen and oxygen atoms in total. The summed E-state index contributed by atoms with van der Waals surface area (Å²) in [6.07, 6.45) is 2.51. The van der Waals surface area contributed by atoms with Crippen molar-refractivity contribution in [3.63, 3.8) is 0 Å². The number of anilines is 1. The van der Waals surface area contributed by atoms with Gasteiger partial charge in [-0.25, -0.2) is 14.5 Å². The molecule has 132 valence electrons. The Kier molecular flexibility index (Phi) is 5.38. The number of aromatic nitrogens is 3. The number of hydrogen-bond donors (Lipinski definition) is 1. The Morgan fingerprint density at radius 2 is 1.85 bits per heavy atom. The van der Waals surface area contributed by atoms with Gasteiger partial charge in [-0.05, 0) is 42.8 Å². The third kappa shape index (κ3) is 4.13. The van der Waals surface area contributed by atoms with E-state index in [0.29, 0.717) is 17.7 Å². The summed E-state index contributed by atoms with van der Waals surface area (Å²) in [6.45, 7) is 1.79. The molecule has 1 atom stereocenters. The minimum atomic E-state index is -0.863. The van der Waals surface area contributed by atoms with Crippen LogP contribution in [0.2, 0.25) is 0 Å². The Balaban J connectivity index is 1.64. The van der Waals surface area contributed by atoms with Crippen molar-refractivity contribution in [3.05, 3.63) is 72.8 Å². The minimum Gasteiger partial charge on any atom is -0.449 e. The lowest BCUT2D eigenvalue weighted by molar-refractivity contribution is -0.124. The highest BCUT2D eigenvalue weighted by atomic mass is 16.5. The van der Waals surface area contributed by atoms with Crippen LogP contribution in [0.15, 0.2) is 67.3 Å². The van der Waals surface area contributed by atoms with Crippen molar-refractivity contribution < 1.29 is 14.3 Å². The molecule has 3 rings (SSSR count). The van der Waals surface area contributed by atoms with E-state index in [9.17, 15) is 9.59 Å². The van der Waals surface area contributed by atoms with E-state index in [1.165, 1.54) is 6.33 Å². The van der Waals surface area contributed by atoms with Gasteiger partial charge in [-0.3, -0.25) is 4.79 Å². The second-order valence-electron chi connectivity index (χ2n) is 5.54. The van der Waals surface area contributed by atoms with Gasteiger partial charge in [0.15, 0.2) is 6.10 Å². The van der Waals surface area contributed by atoms with Crippen molar-refractivity contribution in [3.8, 4) is 5.69 Å². The number of ether oxygens (including phenoxy) is 1. The molecule has 0 spiro atoms.